The van der Waals surface area contributed by atoms with Crippen molar-refractivity contribution in [3.8, 4) is 0 Å². The Morgan fingerprint density at radius 1 is 1.21 bits per heavy atom. The van der Waals surface area contributed by atoms with Crippen molar-refractivity contribution in [1.29, 1.82) is 0 Å². The highest BCUT2D eigenvalue weighted by Crippen LogP contribution is 2.40. The molecule has 3 heterocycles. The Hall–Kier alpha value is -2.44. The summed E-state index contributed by atoms with van der Waals surface area (Å²) in [6, 6.07) is 12.3. The number of carbonyl (C=O) groups is 1. The average molecular weight is 413 g/mol. The number of thiophene rings is 1. The first-order chi connectivity index (χ1) is 14.2. The van der Waals surface area contributed by atoms with Crippen LogP contribution in [0, 0.1) is 5.82 Å². The number of amides is 1. The predicted molar refractivity (Wildman–Crippen MR) is 114 cm³/mol. The molecule has 0 bridgehead atoms. The summed E-state index contributed by atoms with van der Waals surface area (Å²) in [5, 5.41) is 3.89. The minimum Gasteiger partial charge on any atom is -0.459 e. The van der Waals surface area contributed by atoms with Crippen molar-refractivity contribution < 1.29 is 13.6 Å². The van der Waals surface area contributed by atoms with E-state index < -0.39 is 0 Å². The molecule has 6 heteroatoms. The first-order valence-corrected chi connectivity index (χ1v) is 10.9. The Morgan fingerprint density at radius 2 is 1.97 bits per heavy atom. The van der Waals surface area contributed by atoms with Crippen molar-refractivity contribution in [2.24, 2.45) is 0 Å². The van der Waals surface area contributed by atoms with Crippen LogP contribution in [0.2, 0.25) is 0 Å². The smallest absolute Gasteiger partial charge is 0.291 e. The zero-order chi connectivity index (χ0) is 20.2. The number of carbonyl (C=O) groups excluding carboxylic acids is 1. The Balaban J connectivity index is 1.73. The molecule has 1 saturated heterocycles. The SMILES string of the molecule is CCc1cc([C@@H](c2ccc(F)cc2)N2CCCCC2)c(NC(=O)c2ccco2)s1. The van der Waals surface area contributed by atoms with Gasteiger partial charge in [0.2, 0.25) is 0 Å². The van der Waals surface area contributed by atoms with E-state index in [0.717, 1.165) is 48.5 Å². The Morgan fingerprint density at radius 3 is 2.62 bits per heavy atom. The lowest BCUT2D eigenvalue weighted by Gasteiger charge is -2.35. The molecule has 4 rings (SSSR count). The number of anilines is 1. The molecule has 3 aromatic rings. The van der Waals surface area contributed by atoms with E-state index in [4.69, 9.17) is 4.42 Å². The number of likely N-dealkylation sites (tertiary alicyclic amines) is 1. The molecule has 0 spiro atoms. The molecule has 1 aliphatic heterocycles. The molecule has 4 nitrogen and oxygen atoms in total. The zero-order valence-electron chi connectivity index (χ0n) is 16.5. The highest BCUT2D eigenvalue weighted by atomic mass is 32.1. The average Bonchev–Trinajstić information content (AvgIpc) is 3.41. The third-order valence-electron chi connectivity index (χ3n) is 5.37. The number of piperidine rings is 1. The summed E-state index contributed by atoms with van der Waals surface area (Å²) < 4.78 is 18.8. The number of hydrogen-bond acceptors (Lipinski definition) is 4. The second kappa shape index (κ2) is 8.93. The molecular weight excluding hydrogens is 387 g/mol. The second-order valence-electron chi connectivity index (χ2n) is 7.33. The van der Waals surface area contributed by atoms with Gasteiger partial charge in [-0.15, -0.1) is 11.3 Å². The number of nitrogens with one attached hydrogen (secondary N) is 1. The zero-order valence-corrected chi connectivity index (χ0v) is 17.3. The van der Waals surface area contributed by atoms with E-state index in [-0.39, 0.29) is 17.8 Å². The molecule has 0 aliphatic carbocycles. The van der Waals surface area contributed by atoms with E-state index in [1.807, 2.05) is 12.1 Å². The van der Waals surface area contributed by atoms with Crippen LogP contribution in [0.5, 0.6) is 0 Å². The van der Waals surface area contributed by atoms with Gasteiger partial charge in [-0.2, -0.15) is 0 Å². The quantitative estimate of drug-likeness (QED) is 0.551. The maximum Gasteiger partial charge on any atom is 0.291 e. The molecule has 1 aromatic carbocycles. The number of nitrogens with zero attached hydrogens (tertiary/aromatic N) is 1. The van der Waals surface area contributed by atoms with E-state index in [9.17, 15) is 9.18 Å². The number of benzene rings is 1. The summed E-state index contributed by atoms with van der Waals surface area (Å²) in [6.07, 6.45) is 5.92. The number of furan rings is 1. The third-order valence-corrected chi connectivity index (χ3v) is 6.58. The molecule has 1 N–H and O–H groups in total. The number of rotatable bonds is 6. The summed E-state index contributed by atoms with van der Waals surface area (Å²) in [6.45, 7) is 4.09. The highest BCUT2D eigenvalue weighted by Gasteiger charge is 2.28. The minimum atomic E-state index is -0.253. The molecule has 1 amide bonds. The number of aryl methyl sites for hydroxylation is 1. The molecule has 2 aromatic heterocycles. The fourth-order valence-electron chi connectivity index (χ4n) is 3.91. The summed E-state index contributed by atoms with van der Waals surface area (Å²) >= 11 is 1.60. The Kier molecular flexibility index (Phi) is 6.11. The van der Waals surface area contributed by atoms with E-state index in [1.165, 1.54) is 29.7 Å². The maximum absolute atomic E-state index is 13.6. The van der Waals surface area contributed by atoms with Crippen molar-refractivity contribution >= 4 is 22.2 Å². The van der Waals surface area contributed by atoms with Crippen LogP contribution in [0.15, 0.2) is 53.1 Å². The number of hydrogen-bond donors (Lipinski definition) is 1. The topological polar surface area (TPSA) is 45.5 Å². The second-order valence-corrected chi connectivity index (χ2v) is 8.47. The van der Waals surface area contributed by atoms with Crippen LogP contribution in [0.3, 0.4) is 0 Å². The monoisotopic (exact) mass is 412 g/mol. The van der Waals surface area contributed by atoms with Gasteiger partial charge in [-0.25, -0.2) is 4.39 Å². The van der Waals surface area contributed by atoms with Crippen molar-refractivity contribution in [1.82, 2.24) is 4.90 Å². The Labute approximate surface area is 174 Å². The van der Waals surface area contributed by atoms with E-state index in [2.05, 4.69) is 23.2 Å². The molecule has 152 valence electrons. The lowest BCUT2D eigenvalue weighted by molar-refractivity contribution is 0.0996. The van der Waals surface area contributed by atoms with Crippen LogP contribution in [-0.4, -0.2) is 23.9 Å². The normalized spacial score (nSPS) is 15.9. The standard InChI is InChI=1S/C23H25FN2O2S/c1-2-18-15-19(23(29-18)25-22(27)20-7-6-14-28-20)21(26-12-4-3-5-13-26)16-8-10-17(24)11-9-16/h6-11,14-15,21H,2-5,12-13H2,1H3,(H,25,27)/t21-/m1/s1. The third kappa shape index (κ3) is 4.43. The lowest BCUT2D eigenvalue weighted by Crippen LogP contribution is -2.34. The summed E-state index contributed by atoms with van der Waals surface area (Å²) in [4.78, 5) is 16.3. The van der Waals surface area contributed by atoms with Gasteiger partial charge in [-0.05, 0) is 68.2 Å². The minimum absolute atomic E-state index is 0.0145. The lowest BCUT2D eigenvalue weighted by atomic mass is 9.95. The molecule has 0 unspecified atom stereocenters. The van der Waals surface area contributed by atoms with E-state index in [1.54, 1.807) is 23.5 Å². The van der Waals surface area contributed by atoms with Gasteiger partial charge in [0.05, 0.1) is 12.3 Å². The van der Waals surface area contributed by atoms with Crippen LogP contribution in [0.25, 0.3) is 0 Å². The van der Waals surface area contributed by atoms with Crippen molar-refractivity contribution in [2.75, 3.05) is 18.4 Å². The fraction of sp³-hybridized carbons (Fsp3) is 0.348. The fourth-order valence-corrected chi connectivity index (χ4v) is 4.94. The van der Waals surface area contributed by atoms with Gasteiger partial charge in [0.25, 0.3) is 5.91 Å². The molecule has 1 atom stereocenters. The summed E-state index contributed by atoms with van der Waals surface area (Å²) in [5.74, 6) is -0.201. The van der Waals surface area contributed by atoms with E-state index in [0.29, 0.717) is 5.76 Å². The van der Waals surface area contributed by atoms with Gasteiger partial charge in [0.15, 0.2) is 5.76 Å². The summed E-state index contributed by atoms with van der Waals surface area (Å²) in [5.41, 5.74) is 2.11. The van der Waals surface area contributed by atoms with Gasteiger partial charge in [0, 0.05) is 10.4 Å². The maximum atomic E-state index is 13.6. The van der Waals surface area contributed by atoms with Gasteiger partial charge >= 0.3 is 0 Å². The van der Waals surface area contributed by atoms with Crippen molar-refractivity contribution in [3.63, 3.8) is 0 Å². The van der Waals surface area contributed by atoms with Crippen LogP contribution >= 0.6 is 11.3 Å². The van der Waals surface area contributed by atoms with Crippen molar-refractivity contribution in [2.45, 2.75) is 38.6 Å². The van der Waals surface area contributed by atoms with Crippen LogP contribution in [-0.2, 0) is 6.42 Å². The Bertz CT molecular complexity index is 944. The predicted octanol–water partition coefficient (Wildman–Crippen LogP) is 5.87. The molecule has 1 fully saturated rings. The van der Waals surface area contributed by atoms with Gasteiger partial charge < -0.3 is 9.73 Å². The molecular formula is C23H25FN2O2S. The van der Waals surface area contributed by atoms with Crippen LogP contribution < -0.4 is 5.32 Å². The van der Waals surface area contributed by atoms with Gasteiger partial charge in [-0.3, -0.25) is 9.69 Å². The molecule has 0 saturated carbocycles. The molecule has 29 heavy (non-hydrogen) atoms. The molecule has 1 aliphatic rings. The van der Waals surface area contributed by atoms with E-state index >= 15 is 0 Å². The van der Waals surface area contributed by atoms with Gasteiger partial charge in [-0.1, -0.05) is 25.5 Å². The first-order valence-electron chi connectivity index (χ1n) is 10.1. The highest BCUT2D eigenvalue weighted by molar-refractivity contribution is 7.16. The first kappa shape index (κ1) is 19.9. The van der Waals surface area contributed by atoms with Crippen LogP contribution in [0.1, 0.15) is 58.8 Å². The van der Waals surface area contributed by atoms with Crippen LogP contribution in [0.4, 0.5) is 9.39 Å². The van der Waals surface area contributed by atoms with Gasteiger partial charge in [0.1, 0.15) is 10.8 Å². The van der Waals surface area contributed by atoms with Crippen molar-refractivity contribution in [3.05, 3.63) is 76.3 Å². The number of halogens is 1. The largest absolute Gasteiger partial charge is 0.459 e. The molecule has 0 radical (unpaired) electrons. The summed E-state index contributed by atoms with van der Waals surface area (Å²) in [7, 11) is 0.